The number of hydrogen-bond acceptors (Lipinski definition) is 4. The van der Waals surface area contributed by atoms with Crippen molar-refractivity contribution in [3.8, 4) is 0 Å². The van der Waals surface area contributed by atoms with E-state index in [4.69, 9.17) is 0 Å². The van der Waals surface area contributed by atoms with E-state index >= 15 is 0 Å². The van der Waals surface area contributed by atoms with Crippen molar-refractivity contribution in [1.82, 2.24) is 25.2 Å². The fraction of sp³-hybridized carbons (Fsp3) is 0.704. The van der Waals surface area contributed by atoms with E-state index in [-0.39, 0.29) is 36.5 Å². The molecule has 7 nitrogen and oxygen atoms in total. The third-order valence-electron chi connectivity index (χ3n) is 8.58. The summed E-state index contributed by atoms with van der Waals surface area (Å²) in [5, 5.41) is 9.62. The first-order valence-corrected chi connectivity index (χ1v) is 14.0. The number of fused-ring (bicyclic) bond motifs is 1. The zero-order chi connectivity index (χ0) is 30.6. The highest BCUT2D eigenvalue weighted by Crippen LogP contribution is 2.51. The maximum Gasteiger partial charge on any atom is 0.392 e. The predicted octanol–water partition coefficient (Wildman–Crippen LogP) is 6.07. The monoisotopic (exact) mass is 609 g/mol. The number of nitrogens with one attached hydrogen (secondary N) is 2. The number of hydrogen-bond donors (Lipinski definition) is 2. The largest absolute Gasteiger partial charge is 0.392 e. The van der Waals surface area contributed by atoms with E-state index < -0.39 is 85.1 Å². The van der Waals surface area contributed by atoms with E-state index in [2.05, 4.69) is 20.7 Å². The van der Waals surface area contributed by atoms with Gasteiger partial charge in [-0.15, -0.1) is 0 Å². The predicted molar refractivity (Wildman–Crippen MR) is 132 cm³/mol. The van der Waals surface area contributed by atoms with Crippen molar-refractivity contribution in [3.63, 3.8) is 0 Å². The van der Waals surface area contributed by atoms with Gasteiger partial charge in [0.05, 0.1) is 47.9 Å². The van der Waals surface area contributed by atoms with E-state index in [1.165, 1.54) is 16.9 Å². The molecule has 3 fully saturated rings. The first-order chi connectivity index (χ1) is 19.5. The number of halogens is 8. The number of imidazole rings is 1. The molecule has 0 aromatic carbocycles. The Labute approximate surface area is 235 Å². The van der Waals surface area contributed by atoms with Gasteiger partial charge in [-0.3, -0.25) is 9.59 Å². The van der Waals surface area contributed by atoms with Gasteiger partial charge in [0.25, 0.3) is 0 Å². The molecule has 0 aliphatic heterocycles. The van der Waals surface area contributed by atoms with E-state index in [0.717, 1.165) is 19.8 Å². The van der Waals surface area contributed by atoms with Crippen LogP contribution in [0.15, 0.2) is 18.5 Å². The molecule has 42 heavy (non-hydrogen) atoms. The zero-order valence-electron chi connectivity index (χ0n) is 22.6. The molecular formula is C27H31F8N5O2. The standard InChI is InChI=1S/C27H31F8N5O2/c1-13(26(30,31)32)8-21(41)38-22(14-2-3-14)16-9-20-37-19(12-40(20)36-11-16)23(15-4-6-25(28,29)7-5-15)39-24(42)17-10-18(17)27(33,34)35/h9,11-15,17-18,22-23H,2-8,10H2,1H3,(H,38,41)(H,39,42)/t13-,17-,18-,22?,23+/m1/s1. The molecule has 2 N–H and O–H groups in total. The van der Waals surface area contributed by atoms with Crippen molar-refractivity contribution in [3.05, 3.63) is 29.7 Å². The van der Waals surface area contributed by atoms with Crippen LogP contribution in [0.2, 0.25) is 0 Å². The second kappa shape index (κ2) is 10.9. The Morgan fingerprint density at radius 1 is 1.02 bits per heavy atom. The molecule has 232 valence electrons. The van der Waals surface area contributed by atoms with Crippen LogP contribution in [0, 0.1) is 29.6 Å². The molecule has 2 aromatic rings. The lowest BCUT2D eigenvalue weighted by molar-refractivity contribution is -0.174. The van der Waals surface area contributed by atoms with Crippen LogP contribution < -0.4 is 10.6 Å². The topological polar surface area (TPSA) is 88.4 Å². The summed E-state index contributed by atoms with van der Waals surface area (Å²) in [7, 11) is 0. The number of aromatic nitrogens is 3. The number of nitrogens with zero attached hydrogens (tertiary/aromatic N) is 3. The van der Waals surface area contributed by atoms with Crippen LogP contribution in [0.5, 0.6) is 0 Å². The number of amides is 2. The van der Waals surface area contributed by atoms with Gasteiger partial charge in [-0.1, -0.05) is 6.92 Å². The summed E-state index contributed by atoms with van der Waals surface area (Å²) in [6.07, 6.45) is -6.44. The molecule has 2 amide bonds. The molecule has 2 aromatic heterocycles. The van der Waals surface area contributed by atoms with Crippen LogP contribution in [0.4, 0.5) is 35.1 Å². The second-order valence-corrected chi connectivity index (χ2v) is 12.0. The zero-order valence-corrected chi connectivity index (χ0v) is 22.6. The fourth-order valence-electron chi connectivity index (χ4n) is 5.69. The normalized spacial score (nSPS) is 25.1. The average molecular weight is 610 g/mol. The molecule has 0 spiro atoms. The van der Waals surface area contributed by atoms with Gasteiger partial charge in [-0.05, 0) is 55.6 Å². The van der Waals surface area contributed by atoms with Crippen molar-refractivity contribution < 1.29 is 44.7 Å². The van der Waals surface area contributed by atoms with Crippen LogP contribution in [-0.4, -0.2) is 44.7 Å². The smallest absolute Gasteiger partial charge is 0.349 e. The van der Waals surface area contributed by atoms with Crippen LogP contribution >= 0.6 is 0 Å². The summed E-state index contributed by atoms with van der Waals surface area (Å²) in [4.78, 5) is 29.7. The number of carbonyl (C=O) groups excluding carboxylic acids is 2. The van der Waals surface area contributed by atoms with Crippen molar-refractivity contribution in [2.45, 2.75) is 88.6 Å². The van der Waals surface area contributed by atoms with Crippen molar-refractivity contribution in [2.75, 3.05) is 0 Å². The highest BCUT2D eigenvalue weighted by Gasteiger charge is 2.59. The van der Waals surface area contributed by atoms with Gasteiger partial charge >= 0.3 is 12.4 Å². The molecule has 5 rings (SSSR count). The van der Waals surface area contributed by atoms with Crippen LogP contribution in [-0.2, 0) is 9.59 Å². The molecule has 0 bridgehead atoms. The van der Waals surface area contributed by atoms with Gasteiger partial charge in [-0.2, -0.15) is 31.4 Å². The minimum absolute atomic E-state index is 0.00453. The van der Waals surface area contributed by atoms with E-state index in [1.807, 2.05) is 0 Å². The summed E-state index contributed by atoms with van der Waals surface area (Å²) in [6.45, 7) is 0.931. The molecule has 0 radical (unpaired) electrons. The first kappa shape index (κ1) is 30.5. The summed E-state index contributed by atoms with van der Waals surface area (Å²) in [5.41, 5.74) is 1.03. The van der Waals surface area contributed by atoms with Crippen molar-refractivity contribution in [1.29, 1.82) is 0 Å². The van der Waals surface area contributed by atoms with Gasteiger partial charge in [0.15, 0.2) is 5.65 Å². The third-order valence-corrected chi connectivity index (χ3v) is 8.58. The minimum Gasteiger partial charge on any atom is -0.349 e. The molecule has 5 atom stereocenters. The minimum atomic E-state index is -4.51. The Kier molecular flexibility index (Phi) is 7.92. The third kappa shape index (κ3) is 6.96. The van der Waals surface area contributed by atoms with Gasteiger partial charge < -0.3 is 10.6 Å². The highest BCUT2D eigenvalue weighted by molar-refractivity contribution is 5.82. The summed E-state index contributed by atoms with van der Waals surface area (Å²) in [6, 6.07) is 0.0818. The molecule has 3 saturated carbocycles. The SMILES string of the molecule is C[C@H](CC(=O)NC(c1cnn2cc([C@@H](NC(=O)[C@@H]3C[C@H]3C(F)(F)F)C3CCC(F)(F)CC3)nc2c1)C1CC1)C(F)(F)F. The van der Waals surface area contributed by atoms with Crippen molar-refractivity contribution in [2.24, 2.45) is 29.6 Å². The van der Waals surface area contributed by atoms with Crippen molar-refractivity contribution >= 4 is 17.5 Å². The number of rotatable bonds is 9. The molecule has 3 aliphatic rings. The van der Waals surface area contributed by atoms with Crippen LogP contribution in [0.1, 0.15) is 81.6 Å². The average Bonchev–Trinajstić information content (AvgIpc) is 3.80. The molecule has 0 saturated heterocycles. The maximum absolute atomic E-state index is 13.9. The molecular weight excluding hydrogens is 578 g/mol. The Hall–Kier alpha value is -3.00. The van der Waals surface area contributed by atoms with E-state index in [9.17, 15) is 44.7 Å². The molecule has 15 heteroatoms. The van der Waals surface area contributed by atoms with Gasteiger partial charge in [0, 0.05) is 19.3 Å². The Bertz CT molecular complexity index is 1310. The first-order valence-electron chi connectivity index (χ1n) is 14.0. The lowest BCUT2D eigenvalue weighted by atomic mass is 9.81. The quantitative estimate of drug-likeness (QED) is 0.338. The Balaban J connectivity index is 1.36. The Morgan fingerprint density at radius 2 is 1.67 bits per heavy atom. The number of carbonyl (C=O) groups is 2. The maximum atomic E-state index is 13.9. The van der Waals surface area contributed by atoms with Gasteiger partial charge in [0.1, 0.15) is 0 Å². The molecule has 1 unspecified atom stereocenters. The molecule has 2 heterocycles. The van der Waals surface area contributed by atoms with E-state index in [0.29, 0.717) is 5.56 Å². The summed E-state index contributed by atoms with van der Waals surface area (Å²) >= 11 is 0. The number of alkyl halides is 8. The fourth-order valence-corrected chi connectivity index (χ4v) is 5.69. The van der Waals surface area contributed by atoms with Crippen LogP contribution in [0.3, 0.4) is 0 Å². The van der Waals surface area contributed by atoms with Gasteiger partial charge in [-0.25, -0.2) is 18.3 Å². The summed E-state index contributed by atoms with van der Waals surface area (Å²) < 4.78 is 107. The lowest BCUT2D eigenvalue weighted by Crippen LogP contribution is -2.38. The Morgan fingerprint density at radius 3 is 2.24 bits per heavy atom. The second-order valence-electron chi connectivity index (χ2n) is 12.0. The molecule has 3 aliphatic carbocycles. The highest BCUT2D eigenvalue weighted by atomic mass is 19.4. The van der Waals surface area contributed by atoms with Crippen LogP contribution in [0.25, 0.3) is 5.65 Å². The van der Waals surface area contributed by atoms with E-state index in [1.54, 1.807) is 6.07 Å². The lowest BCUT2D eigenvalue weighted by Gasteiger charge is -2.33. The van der Waals surface area contributed by atoms with Gasteiger partial charge in [0.2, 0.25) is 17.7 Å². The summed E-state index contributed by atoms with van der Waals surface area (Å²) in [5.74, 6) is -9.72.